The number of carbonyl (C=O) groups is 1. The van der Waals surface area contributed by atoms with Gasteiger partial charge in [-0.05, 0) is 17.5 Å². The molecule has 172 valence electrons. The summed E-state index contributed by atoms with van der Waals surface area (Å²) in [5, 5.41) is 0. The first-order valence-corrected chi connectivity index (χ1v) is 10.6. The summed E-state index contributed by atoms with van der Waals surface area (Å²) < 4.78 is 31.8. The fraction of sp³-hybridized carbons (Fsp3) is 0.292. The molecule has 1 aliphatic heterocycles. The van der Waals surface area contributed by atoms with E-state index < -0.39 is 31.6 Å². The van der Waals surface area contributed by atoms with Gasteiger partial charge in [-0.15, -0.1) is 0 Å². The molecule has 2 N–H and O–H groups in total. The molecule has 33 heavy (non-hydrogen) atoms. The average molecular weight is 454 g/mol. The van der Waals surface area contributed by atoms with E-state index in [9.17, 15) is 18.4 Å². The van der Waals surface area contributed by atoms with E-state index in [1.54, 1.807) is 0 Å². The monoisotopic (exact) mass is 454 g/mol. The topological polar surface area (TPSA) is 90.5 Å². The summed E-state index contributed by atoms with van der Waals surface area (Å²) in [7, 11) is 0. The molecule has 3 aromatic rings. The highest BCUT2D eigenvalue weighted by Crippen LogP contribution is 2.28. The van der Waals surface area contributed by atoms with Crippen LogP contribution in [0.15, 0.2) is 65.5 Å². The lowest BCUT2D eigenvalue weighted by atomic mass is 9.97. The molecule has 1 aromatic heterocycles. The lowest BCUT2D eigenvalue weighted by Gasteiger charge is -2.30. The SMILES string of the molecule is Nc1nc2c(c(=O)n1C(c1ccccc1)c1ccccc1)CCN(C(=O)OC(CF)CF)C2. The largest absolute Gasteiger partial charge is 0.440 e. The Labute approximate surface area is 189 Å². The average Bonchev–Trinajstić information content (AvgIpc) is 2.85. The number of benzene rings is 2. The Morgan fingerprint density at radius 2 is 1.61 bits per heavy atom. The van der Waals surface area contributed by atoms with E-state index in [1.807, 2.05) is 60.7 Å². The highest BCUT2D eigenvalue weighted by molar-refractivity contribution is 5.68. The van der Waals surface area contributed by atoms with Gasteiger partial charge in [0.25, 0.3) is 5.56 Å². The molecule has 0 aliphatic carbocycles. The molecule has 0 bridgehead atoms. The zero-order chi connectivity index (χ0) is 23.4. The van der Waals surface area contributed by atoms with E-state index >= 15 is 0 Å². The van der Waals surface area contributed by atoms with Crippen LogP contribution in [0.1, 0.15) is 28.4 Å². The normalized spacial score (nSPS) is 13.3. The second kappa shape index (κ2) is 9.81. The Balaban J connectivity index is 1.71. The molecule has 0 fully saturated rings. The molecular formula is C24H24F2N4O3. The fourth-order valence-electron chi connectivity index (χ4n) is 4.01. The van der Waals surface area contributed by atoms with E-state index in [4.69, 9.17) is 10.5 Å². The van der Waals surface area contributed by atoms with Crippen LogP contribution in [-0.2, 0) is 17.7 Å². The second-order valence-electron chi connectivity index (χ2n) is 7.78. The van der Waals surface area contributed by atoms with Crippen LogP contribution in [0.25, 0.3) is 0 Å². The summed E-state index contributed by atoms with van der Waals surface area (Å²) in [5.74, 6) is 0.0112. The first-order chi connectivity index (χ1) is 16.0. The molecule has 2 aromatic carbocycles. The molecule has 0 spiro atoms. The number of nitrogen functional groups attached to an aromatic ring is 1. The summed E-state index contributed by atoms with van der Waals surface area (Å²) >= 11 is 0. The second-order valence-corrected chi connectivity index (χ2v) is 7.78. The number of rotatable bonds is 6. The highest BCUT2D eigenvalue weighted by atomic mass is 19.1. The number of fused-ring (bicyclic) bond motifs is 1. The third-order valence-corrected chi connectivity index (χ3v) is 5.65. The predicted molar refractivity (Wildman–Crippen MR) is 119 cm³/mol. The van der Waals surface area contributed by atoms with Crippen molar-refractivity contribution >= 4 is 12.0 Å². The van der Waals surface area contributed by atoms with Crippen LogP contribution in [0.4, 0.5) is 19.5 Å². The van der Waals surface area contributed by atoms with Crippen LogP contribution < -0.4 is 11.3 Å². The first kappa shape index (κ1) is 22.4. The molecule has 0 unspecified atom stereocenters. The van der Waals surface area contributed by atoms with Crippen LogP contribution >= 0.6 is 0 Å². The first-order valence-electron chi connectivity index (χ1n) is 10.6. The van der Waals surface area contributed by atoms with Gasteiger partial charge in [-0.1, -0.05) is 60.7 Å². The van der Waals surface area contributed by atoms with Crippen molar-refractivity contribution in [3.63, 3.8) is 0 Å². The van der Waals surface area contributed by atoms with Crippen LogP contribution in [-0.4, -0.2) is 46.5 Å². The van der Waals surface area contributed by atoms with Gasteiger partial charge in [0.1, 0.15) is 13.3 Å². The van der Waals surface area contributed by atoms with Gasteiger partial charge in [-0.25, -0.2) is 18.6 Å². The van der Waals surface area contributed by atoms with Gasteiger partial charge in [-0.2, -0.15) is 0 Å². The zero-order valence-electron chi connectivity index (χ0n) is 17.9. The number of nitrogens with two attached hydrogens (primary N) is 1. The van der Waals surface area contributed by atoms with Gasteiger partial charge in [-0.3, -0.25) is 9.36 Å². The molecule has 0 saturated carbocycles. The minimum absolute atomic E-state index is 0.0112. The number of nitrogens with zero attached hydrogens (tertiary/aromatic N) is 3. The van der Waals surface area contributed by atoms with Crippen molar-refractivity contribution in [1.29, 1.82) is 0 Å². The summed E-state index contributed by atoms with van der Waals surface area (Å²) in [5.41, 5.74) is 8.57. The van der Waals surface area contributed by atoms with Crippen molar-refractivity contribution in [2.75, 3.05) is 25.6 Å². The third-order valence-electron chi connectivity index (χ3n) is 5.65. The number of ether oxygens (including phenoxy) is 1. The van der Waals surface area contributed by atoms with Gasteiger partial charge >= 0.3 is 6.09 Å². The fourth-order valence-corrected chi connectivity index (χ4v) is 4.01. The molecule has 0 radical (unpaired) electrons. The Kier molecular flexibility index (Phi) is 6.67. The van der Waals surface area contributed by atoms with E-state index in [0.29, 0.717) is 11.3 Å². The van der Waals surface area contributed by atoms with Crippen LogP contribution in [0.3, 0.4) is 0 Å². The number of halogens is 2. The molecular weight excluding hydrogens is 430 g/mol. The Morgan fingerprint density at radius 3 is 2.15 bits per heavy atom. The number of alkyl halides is 2. The Morgan fingerprint density at radius 1 is 1.03 bits per heavy atom. The molecule has 2 heterocycles. The molecule has 1 aliphatic rings. The Bertz CT molecular complexity index is 1130. The molecule has 7 nitrogen and oxygen atoms in total. The number of amides is 1. The standard InChI is InChI=1S/C24H24F2N4O3/c25-13-18(14-26)33-24(32)29-12-11-19-20(15-29)28-23(27)30(22(19)31)21(16-7-3-1-4-8-16)17-9-5-2-6-10-17/h1-10,18,21H,11-15H2,(H2,27,28). The number of anilines is 1. The van der Waals surface area contributed by atoms with E-state index in [1.165, 1.54) is 9.47 Å². The molecule has 0 atom stereocenters. The summed E-state index contributed by atoms with van der Waals surface area (Å²) in [6.07, 6.45) is -2.07. The lowest BCUT2D eigenvalue weighted by Crippen LogP contribution is -2.43. The number of carbonyl (C=O) groups excluding carboxylic acids is 1. The summed E-state index contributed by atoms with van der Waals surface area (Å²) in [6.45, 7) is -2.08. The maximum atomic E-state index is 13.6. The van der Waals surface area contributed by atoms with Crippen molar-refractivity contribution in [3.05, 3.63) is 93.4 Å². The van der Waals surface area contributed by atoms with Crippen LogP contribution in [0.5, 0.6) is 0 Å². The van der Waals surface area contributed by atoms with Crippen molar-refractivity contribution < 1.29 is 18.3 Å². The number of aromatic nitrogens is 2. The van der Waals surface area contributed by atoms with Crippen molar-refractivity contribution in [1.82, 2.24) is 14.5 Å². The van der Waals surface area contributed by atoms with E-state index in [-0.39, 0.29) is 31.0 Å². The molecule has 9 heteroatoms. The van der Waals surface area contributed by atoms with Crippen LogP contribution in [0, 0.1) is 0 Å². The van der Waals surface area contributed by atoms with Crippen molar-refractivity contribution in [3.8, 4) is 0 Å². The van der Waals surface area contributed by atoms with Gasteiger partial charge in [0.15, 0.2) is 6.10 Å². The molecule has 4 rings (SSSR count). The molecule has 0 saturated heterocycles. The smallest absolute Gasteiger partial charge is 0.410 e. The summed E-state index contributed by atoms with van der Waals surface area (Å²) in [6, 6.07) is 18.6. The maximum absolute atomic E-state index is 13.6. The lowest BCUT2D eigenvalue weighted by molar-refractivity contribution is 0.0359. The quantitative estimate of drug-likeness (QED) is 0.618. The van der Waals surface area contributed by atoms with Gasteiger partial charge in [0.2, 0.25) is 5.95 Å². The number of hydrogen-bond acceptors (Lipinski definition) is 5. The van der Waals surface area contributed by atoms with Gasteiger partial charge in [0, 0.05) is 12.1 Å². The van der Waals surface area contributed by atoms with Crippen molar-refractivity contribution in [2.24, 2.45) is 0 Å². The predicted octanol–water partition coefficient (Wildman–Crippen LogP) is 3.27. The van der Waals surface area contributed by atoms with E-state index in [0.717, 1.165) is 11.1 Å². The Hall–Kier alpha value is -3.75. The zero-order valence-corrected chi connectivity index (χ0v) is 17.9. The summed E-state index contributed by atoms with van der Waals surface area (Å²) in [4.78, 5) is 31.6. The number of hydrogen-bond donors (Lipinski definition) is 1. The van der Waals surface area contributed by atoms with E-state index in [2.05, 4.69) is 4.98 Å². The minimum atomic E-state index is -1.44. The highest BCUT2D eigenvalue weighted by Gasteiger charge is 2.30. The minimum Gasteiger partial charge on any atom is -0.440 e. The van der Waals surface area contributed by atoms with Crippen molar-refractivity contribution in [2.45, 2.75) is 25.1 Å². The van der Waals surface area contributed by atoms with Crippen LogP contribution in [0.2, 0.25) is 0 Å². The third kappa shape index (κ3) is 4.57. The van der Waals surface area contributed by atoms with Gasteiger partial charge in [0.05, 0.1) is 18.3 Å². The molecule has 1 amide bonds. The maximum Gasteiger partial charge on any atom is 0.410 e. The van der Waals surface area contributed by atoms with Gasteiger partial charge < -0.3 is 15.4 Å².